The summed E-state index contributed by atoms with van der Waals surface area (Å²) in [7, 11) is 1.88. The van der Waals surface area contributed by atoms with Crippen molar-refractivity contribution in [1.29, 1.82) is 0 Å². The molecule has 132 valence electrons. The van der Waals surface area contributed by atoms with Crippen molar-refractivity contribution in [1.82, 2.24) is 20.4 Å². The number of hydrogen-bond donors (Lipinski definition) is 2. The fourth-order valence-electron chi connectivity index (χ4n) is 2.75. The maximum absolute atomic E-state index is 11.9. The molecule has 0 saturated carbocycles. The van der Waals surface area contributed by atoms with Crippen LogP contribution in [0.2, 0.25) is 0 Å². The molecule has 0 aliphatic heterocycles. The summed E-state index contributed by atoms with van der Waals surface area (Å²) < 4.78 is 7.68. The van der Waals surface area contributed by atoms with Crippen molar-refractivity contribution in [3.63, 3.8) is 0 Å². The van der Waals surface area contributed by atoms with Crippen molar-refractivity contribution in [3.8, 4) is 11.5 Å². The fourth-order valence-corrected chi connectivity index (χ4v) is 2.75. The van der Waals surface area contributed by atoms with Gasteiger partial charge in [-0.2, -0.15) is 5.10 Å². The Morgan fingerprint density at radius 2 is 2.04 bits per heavy atom. The van der Waals surface area contributed by atoms with Crippen LogP contribution in [-0.2, 0) is 18.4 Å². The standard InChI is InChI=1S/C19H24N4O2/c1-19(2,3)21-17(24)11-20-10-14-12-23(4)22-18(14)16-9-13-7-5-6-8-15(13)25-16/h5-9,12,20H,10-11H2,1-4H3,(H,21,24). The van der Waals surface area contributed by atoms with E-state index in [4.69, 9.17) is 4.42 Å². The molecule has 1 amide bonds. The molecule has 1 aromatic carbocycles. The van der Waals surface area contributed by atoms with Crippen molar-refractivity contribution >= 4 is 16.9 Å². The SMILES string of the molecule is Cn1cc(CNCC(=O)NC(C)(C)C)c(-c2cc3ccccc3o2)n1. The number of nitrogens with zero attached hydrogens (tertiary/aromatic N) is 2. The monoisotopic (exact) mass is 340 g/mol. The third-order valence-electron chi connectivity index (χ3n) is 3.68. The fraction of sp³-hybridized carbons (Fsp3) is 0.368. The molecule has 2 heterocycles. The summed E-state index contributed by atoms with van der Waals surface area (Å²) in [4.78, 5) is 11.9. The van der Waals surface area contributed by atoms with Crippen molar-refractivity contribution in [2.24, 2.45) is 7.05 Å². The minimum Gasteiger partial charge on any atom is -0.454 e. The highest BCUT2D eigenvalue weighted by atomic mass is 16.3. The van der Waals surface area contributed by atoms with E-state index in [1.165, 1.54) is 0 Å². The molecule has 0 unspecified atom stereocenters. The van der Waals surface area contributed by atoms with E-state index in [0.717, 1.165) is 28.0 Å². The van der Waals surface area contributed by atoms with Crippen LogP contribution < -0.4 is 10.6 Å². The summed E-state index contributed by atoms with van der Waals surface area (Å²) >= 11 is 0. The molecule has 0 aliphatic rings. The molecule has 2 N–H and O–H groups in total. The van der Waals surface area contributed by atoms with Crippen LogP contribution in [0.5, 0.6) is 0 Å². The molecule has 0 spiro atoms. The maximum atomic E-state index is 11.9. The summed E-state index contributed by atoms with van der Waals surface area (Å²) in [5, 5.41) is 11.7. The second-order valence-electron chi connectivity index (χ2n) is 7.23. The number of para-hydroxylation sites is 1. The summed E-state index contributed by atoms with van der Waals surface area (Å²) in [6.07, 6.45) is 1.94. The smallest absolute Gasteiger partial charge is 0.234 e. The van der Waals surface area contributed by atoms with Crippen LogP contribution in [-0.4, -0.2) is 27.8 Å². The van der Waals surface area contributed by atoms with E-state index in [0.29, 0.717) is 6.54 Å². The van der Waals surface area contributed by atoms with Gasteiger partial charge in [0.05, 0.1) is 6.54 Å². The van der Waals surface area contributed by atoms with Gasteiger partial charge in [-0.3, -0.25) is 9.48 Å². The Bertz CT molecular complexity index is 853. The third-order valence-corrected chi connectivity index (χ3v) is 3.68. The van der Waals surface area contributed by atoms with Crippen LogP contribution in [0.25, 0.3) is 22.4 Å². The normalized spacial score (nSPS) is 11.8. The molecule has 0 bridgehead atoms. The highest BCUT2D eigenvalue weighted by Gasteiger charge is 2.16. The molecule has 0 fully saturated rings. The summed E-state index contributed by atoms with van der Waals surface area (Å²) in [5.41, 5.74) is 2.39. The van der Waals surface area contributed by atoms with Gasteiger partial charge in [-0.15, -0.1) is 0 Å². The molecule has 6 heteroatoms. The molecule has 3 rings (SSSR count). The molecule has 6 nitrogen and oxygen atoms in total. The average Bonchev–Trinajstić information content (AvgIpc) is 3.08. The lowest BCUT2D eigenvalue weighted by Crippen LogP contribution is -2.44. The Kier molecular flexibility index (Phi) is 4.63. The van der Waals surface area contributed by atoms with E-state index >= 15 is 0 Å². The number of furan rings is 1. The molecular weight excluding hydrogens is 316 g/mol. The molecule has 0 aliphatic carbocycles. The zero-order chi connectivity index (χ0) is 18.0. The van der Waals surface area contributed by atoms with Gasteiger partial charge < -0.3 is 15.1 Å². The first kappa shape index (κ1) is 17.2. The van der Waals surface area contributed by atoms with Gasteiger partial charge in [-0.25, -0.2) is 0 Å². The summed E-state index contributed by atoms with van der Waals surface area (Å²) in [5.74, 6) is 0.708. The number of carbonyl (C=O) groups is 1. The number of amides is 1. The van der Waals surface area contributed by atoms with E-state index in [-0.39, 0.29) is 18.0 Å². The third kappa shape index (κ3) is 4.28. The molecule has 25 heavy (non-hydrogen) atoms. The quantitative estimate of drug-likeness (QED) is 0.749. The molecular formula is C19H24N4O2. The lowest BCUT2D eigenvalue weighted by molar-refractivity contribution is -0.121. The van der Waals surface area contributed by atoms with Gasteiger partial charge in [0.25, 0.3) is 0 Å². The highest BCUT2D eigenvalue weighted by molar-refractivity contribution is 5.82. The van der Waals surface area contributed by atoms with Gasteiger partial charge in [-0.05, 0) is 32.9 Å². The van der Waals surface area contributed by atoms with Gasteiger partial charge in [0.1, 0.15) is 11.3 Å². The predicted octanol–water partition coefficient (Wildman–Crippen LogP) is 2.84. The summed E-state index contributed by atoms with van der Waals surface area (Å²) in [6, 6.07) is 9.88. The second-order valence-corrected chi connectivity index (χ2v) is 7.23. The number of carbonyl (C=O) groups excluding carboxylic acids is 1. The topological polar surface area (TPSA) is 72.1 Å². The minimum absolute atomic E-state index is 0.0262. The van der Waals surface area contributed by atoms with Crippen LogP contribution in [0.3, 0.4) is 0 Å². The van der Waals surface area contributed by atoms with E-state index in [2.05, 4.69) is 15.7 Å². The van der Waals surface area contributed by atoms with E-state index < -0.39 is 0 Å². The molecule has 0 radical (unpaired) electrons. The first-order valence-electron chi connectivity index (χ1n) is 8.35. The zero-order valence-corrected chi connectivity index (χ0v) is 15.1. The summed E-state index contributed by atoms with van der Waals surface area (Å²) in [6.45, 7) is 6.69. The van der Waals surface area contributed by atoms with Gasteiger partial charge >= 0.3 is 0 Å². The zero-order valence-electron chi connectivity index (χ0n) is 15.1. The molecule has 0 atom stereocenters. The number of benzene rings is 1. The largest absolute Gasteiger partial charge is 0.454 e. The Labute approximate surface area is 147 Å². The number of rotatable bonds is 5. The lowest BCUT2D eigenvalue weighted by atomic mass is 10.1. The van der Waals surface area contributed by atoms with Crippen molar-refractivity contribution in [3.05, 3.63) is 42.1 Å². The molecule has 3 aromatic rings. The van der Waals surface area contributed by atoms with Gasteiger partial charge in [0.15, 0.2) is 5.76 Å². The number of aromatic nitrogens is 2. The Morgan fingerprint density at radius 1 is 1.28 bits per heavy atom. The van der Waals surface area contributed by atoms with Gasteiger partial charge in [0.2, 0.25) is 5.91 Å². The number of aryl methyl sites for hydroxylation is 1. The maximum Gasteiger partial charge on any atom is 0.234 e. The van der Waals surface area contributed by atoms with Crippen LogP contribution in [0.1, 0.15) is 26.3 Å². The number of hydrogen-bond acceptors (Lipinski definition) is 4. The molecule has 0 saturated heterocycles. The number of nitrogens with one attached hydrogen (secondary N) is 2. The van der Waals surface area contributed by atoms with E-state index in [9.17, 15) is 4.79 Å². The predicted molar refractivity (Wildman–Crippen MR) is 98.0 cm³/mol. The van der Waals surface area contributed by atoms with E-state index in [1.54, 1.807) is 4.68 Å². The van der Waals surface area contributed by atoms with Crippen molar-refractivity contribution in [2.45, 2.75) is 32.9 Å². The van der Waals surface area contributed by atoms with E-state index in [1.807, 2.05) is 64.3 Å². The van der Waals surface area contributed by atoms with Crippen molar-refractivity contribution in [2.75, 3.05) is 6.54 Å². The highest BCUT2D eigenvalue weighted by Crippen LogP contribution is 2.28. The minimum atomic E-state index is -0.230. The average molecular weight is 340 g/mol. The first-order chi connectivity index (χ1) is 11.8. The first-order valence-corrected chi connectivity index (χ1v) is 8.35. The van der Waals surface area contributed by atoms with Crippen molar-refractivity contribution < 1.29 is 9.21 Å². The van der Waals surface area contributed by atoms with Crippen LogP contribution in [0.15, 0.2) is 40.9 Å². The lowest BCUT2D eigenvalue weighted by Gasteiger charge is -2.20. The molecule has 2 aromatic heterocycles. The Morgan fingerprint density at radius 3 is 2.76 bits per heavy atom. The van der Waals surface area contributed by atoms with Crippen LogP contribution in [0, 0.1) is 0 Å². The van der Waals surface area contributed by atoms with Gasteiger partial charge in [-0.1, -0.05) is 18.2 Å². The Balaban J connectivity index is 1.72. The second kappa shape index (κ2) is 6.72. The number of fused-ring (bicyclic) bond motifs is 1. The Hall–Kier alpha value is -2.60. The van der Waals surface area contributed by atoms with Gasteiger partial charge in [0, 0.05) is 36.3 Å². The van der Waals surface area contributed by atoms with Crippen LogP contribution >= 0.6 is 0 Å². The van der Waals surface area contributed by atoms with Crippen LogP contribution in [0.4, 0.5) is 0 Å².